The lowest BCUT2D eigenvalue weighted by Gasteiger charge is -2.40. The zero-order valence-corrected chi connectivity index (χ0v) is 34.5. The van der Waals surface area contributed by atoms with E-state index >= 15 is 0 Å². The number of aryl methyl sites for hydroxylation is 1. The minimum Gasteiger partial charge on any atom is -0.497 e. The van der Waals surface area contributed by atoms with E-state index in [4.69, 9.17) is 38.9 Å². The van der Waals surface area contributed by atoms with E-state index < -0.39 is 11.4 Å². The van der Waals surface area contributed by atoms with Crippen molar-refractivity contribution in [3.05, 3.63) is 101 Å². The highest BCUT2D eigenvalue weighted by atomic mass is 19.1. The molecule has 306 valence electrons. The molecular weight excluding hydrogens is 742 g/mol. The number of methoxy groups -OCH3 is 3. The predicted molar refractivity (Wildman–Crippen MR) is 220 cm³/mol. The van der Waals surface area contributed by atoms with Crippen molar-refractivity contribution in [3.63, 3.8) is 0 Å². The summed E-state index contributed by atoms with van der Waals surface area (Å²) < 4.78 is 36.2. The average Bonchev–Trinajstić information content (AvgIpc) is 3.20. The van der Waals surface area contributed by atoms with Crippen LogP contribution in [-0.4, -0.2) is 100.0 Å². The molecule has 15 heteroatoms. The molecule has 1 atom stereocenters. The summed E-state index contributed by atoms with van der Waals surface area (Å²) in [5, 5.41) is 3.24. The largest absolute Gasteiger partial charge is 0.497 e. The molecule has 0 radical (unpaired) electrons. The lowest BCUT2D eigenvalue weighted by molar-refractivity contribution is 0.00597. The minimum atomic E-state index is -0.613. The van der Waals surface area contributed by atoms with Gasteiger partial charge in [0.05, 0.1) is 38.8 Å². The number of carbonyl (C=O) groups is 1. The second-order valence-corrected chi connectivity index (χ2v) is 15.2. The maximum absolute atomic E-state index is 14.8. The highest BCUT2D eigenvalue weighted by Crippen LogP contribution is 2.31. The topological polar surface area (TPSA) is 140 Å². The molecule has 1 aliphatic heterocycles. The van der Waals surface area contributed by atoms with Crippen molar-refractivity contribution in [2.75, 3.05) is 57.7 Å². The standard InChI is InChI=1S/C43H52FN9O5/c1-28-25-52(42(54)58-43(3,4)5)20-19-51(28)18-17-32-21-36(38(45-23-32)49-33-22-37(44)40(57-8)46-24-33)39-47-29(2)48-41(50-39)53(26-30-9-13-34(55-6)14-10-30)27-31-11-15-35(56-7)16-12-31/h9-16,21-24,28H,17-20,25-27H2,1-8H3,(H,45,49). The summed E-state index contributed by atoms with van der Waals surface area (Å²) in [5.74, 6) is 2.61. The van der Waals surface area contributed by atoms with E-state index in [9.17, 15) is 9.18 Å². The molecule has 1 N–H and O–H groups in total. The van der Waals surface area contributed by atoms with Gasteiger partial charge in [-0.15, -0.1) is 0 Å². The third kappa shape index (κ3) is 10.8. The van der Waals surface area contributed by atoms with E-state index in [1.54, 1.807) is 25.3 Å². The normalized spacial score (nSPS) is 14.5. The number of benzene rings is 2. The fourth-order valence-electron chi connectivity index (χ4n) is 6.62. The molecule has 1 aliphatic rings. The molecule has 58 heavy (non-hydrogen) atoms. The third-order valence-electron chi connectivity index (χ3n) is 9.64. The number of amides is 1. The molecule has 3 aromatic heterocycles. The molecule has 14 nitrogen and oxygen atoms in total. The van der Waals surface area contributed by atoms with Crippen LogP contribution in [0.1, 0.15) is 50.2 Å². The van der Waals surface area contributed by atoms with Crippen molar-refractivity contribution in [3.8, 4) is 28.8 Å². The van der Waals surface area contributed by atoms with E-state index in [-0.39, 0.29) is 18.0 Å². The summed E-state index contributed by atoms with van der Waals surface area (Å²) in [7, 11) is 4.65. The number of rotatable bonds is 14. The van der Waals surface area contributed by atoms with E-state index in [1.807, 2.05) is 82.3 Å². The second-order valence-electron chi connectivity index (χ2n) is 15.2. The van der Waals surface area contributed by atoms with Crippen LogP contribution < -0.4 is 24.4 Å². The molecule has 4 heterocycles. The second kappa shape index (κ2) is 18.4. The Kier molecular flexibility index (Phi) is 13.2. The van der Waals surface area contributed by atoms with Crippen molar-refractivity contribution < 1.29 is 28.1 Å². The van der Waals surface area contributed by atoms with Crippen LogP contribution in [0.4, 0.5) is 26.6 Å². The monoisotopic (exact) mass is 793 g/mol. The Morgan fingerprint density at radius 2 is 1.52 bits per heavy atom. The number of ether oxygens (including phenoxy) is 4. The fourth-order valence-corrected chi connectivity index (χ4v) is 6.62. The van der Waals surface area contributed by atoms with Gasteiger partial charge in [0.2, 0.25) is 11.8 Å². The van der Waals surface area contributed by atoms with Gasteiger partial charge in [-0.1, -0.05) is 24.3 Å². The highest BCUT2D eigenvalue weighted by Gasteiger charge is 2.30. The highest BCUT2D eigenvalue weighted by molar-refractivity contribution is 5.75. The van der Waals surface area contributed by atoms with Gasteiger partial charge in [0.1, 0.15) is 28.7 Å². The number of piperazine rings is 1. The number of nitrogens with zero attached hydrogens (tertiary/aromatic N) is 8. The van der Waals surface area contributed by atoms with E-state index in [0.29, 0.717) is 73.8 Å². The van der Waals surface area contributed by atoms with Crippen LogP contribution in [0.15, 0.2) is 73.1 Å². The molecule has 0 spiro atoms. The molecule has 1 amide bonds. The molecule has 0 bridgehead atoms. The molecule has 1 saturated heterocycles. The first kappa shape index (κ1) is 41.5. The SMILES string of the molecule is COc1ccc(CN(Cc2ccc(OC)cc2)c2nc(C)nc(-c3cc(CCN4CCN(C(=O)OC(C)(C)C)CC4C)cnc3Nc3cnc(OC)c(F)c3)n2)cc1. The van der Waals surface area contributed by atoms with Gasteiger partial charge in [-0.05, 0) is 88.1 Å². The smallest absolute Gasteiger partial charge is 0.410 e. The Hall–Kier alpha value is -6.09. The Balaban J connectivity index is 1.32. The van der Waals surface area contributed by atoms with E-state index in [2.05, 4.69) is 27.0 Å². The first-order valence-corrected chi connectivity index (χ1v) is 19.2. The van der Waals surface area contributed by atoms with Crippen molar-refractivity contribution >= 4 is 23.5 Å². The van der Waals surface area contributed by atoms with Crippen LogP contribution in [0, 0.1) is 12.7 Å². The van der Waals surface area contributed by atoms with Gasteiger partial charge in [0.15, 0.2) is 11.6 Å². The molecular formula is C43H52FN9O5. The Morgan fingerprint density at radius 3 is 2.09 bits per heavy atom. The number of pyridine rings is 2. The van der Waals surface area contributed by atoms with Crippen molar-refractivity contribution in [2.24, 2.45) is 0 Å². The van der Waals surface area contributed by atoms with Gasteiger partial charge in [0.25, 0.3) is 0 Å². The van der Waals surface area contributed by atoms with Crippen molar-refractivity contribution in [2.45, 2.75) is 65.8 Å². The van der Waals surface area contributed by atoms with Gasteiger partial charge in [-0.2, -0.15) is 9.97 Å². The summed E-state index contributed by atoms with van der Waals surface area (Å²) in [6, 6.07) is 19.2. The third-order valence-corrected chi connectivity index (χ3v) is 9.64. The van der Waals surface area contributed by atoms with Gasteiger partial charge < -0.3 is 34.1 Å². The molecule has 5 aromatic rings. The van der Waals surface area contributed by atoms with Crippen LogP contribution in [0.5, 0.6) is 17.4 Å². The van der Waals surface area contributed by atoms with Gasteiger partial charge >= 0.3 is 6.09 Å². The lowest BCUT2D eigenvalue weighted by atomic mass is 10.1. The zero-order chi connectivity index (χ0) is 41.4. The molecule has 0 aliphatic carbocycles. The van der Waals surface area contributed by atoms with Gasteiger partial charge in [-0.25, -0.2) is 24.1 Å². The lowest BCUT2D eigenvalue weighted by Crippen LogP contribution is -2.54. The fraction of sp³-hybridized carbons (Fsp3) is 0.395. The van der Waals surface area contributed by atoms with Crippen molar-refractivity contribution in [1.29, 1.82) is 0 Å². The first-order chi connectivity index (χ1) is 27.8. The molecule has 2 aromatic carbocycles. The maximum Gasteiger partial charge on any atom is 0.410 e. The number of aromatic nitrogens is 5. The summed E-state index contributed by atoms with van der Waals surface area (Å²) in [6.07, 6.45) is 3.67. The predicted octanol–water partition coefficient (Wildman–Crippen LogP) is 7.24. The van der Waals surface area contributed by atoms with Crippen LogP contribution in [-0.2, 0) is 24.2 Å². The van der Waals surface area contributed by atoms with Crippen LogP contribution in [0.2, 0.25) is 0 Å². The van der Waals surface area contributed by atoms with Crippen LogP contribution in [0.25, 0.3) is 11.4 Å². The Morgan fingerprint density at radius 1 is 0.862 bits per heavy atom. The molecule has 1 unspecified atom stereocenters. The number of halogens is 1. The molecule has 1 fully saturated rings. The average molecular weight is 794 g/mol. The quantitative estimate of drug-likeness (QED) is 0.121. The van der Waals surface area contributed by atoms with Gasteiger partial charge in [-0.3, -0.25) is 4.90 Å². The summed E-state index contributed by atoms with van der Waals surface area (Å²) in [4.78, 5) is 42.6. The summed E-state index contributed by atoms with van der Waals surface area (Å²) >= 11 is 0. The van der Waals surface area contributed by atoms with E-state index in [0.717, 1.165) is 34.7 Å². The molecule has 6 rings (SSSR count). The van der Waals surface area contributed by atoms with E-state index in [1.165, 1.54) is 19.4 Å². The summed E-state index contributed by atoms with van der Waals surface area (Å²) in [5.41, 5.74) is 3.46. The summed E-state index contributed by atoms with van der Waals surface area (Å²) in [6.45, 7) is 13.2. The number of hydrogen-bond acceptors (Lipinski definition) is 13. The first-order valence-electron chi connectivity index (χ1n) is 19.2. The zero-order valence-electron chi connectivity index (χ0n) is 34.5. The van der Waals surface area contributed by atoms with Crippen LogP contribution in [0.3, 0.4) is 0 Å². The Bertz CT molecular complexity index is 2120. The van der Waals surface area contributed by atoms with Crippen molar-refractivity contribution in [1.82, 2.24) is 34.7 Å². The number of nitrogens with one attached hydrogen (secondary N) is 1. The number of hydrogen-bond donors (Lipinski definition) is 1. The Labute approximate surface area is 339 Å². The van der Waals surface area contributed by atoms with Gasteiger partial charge in [0, 0.05) is 57.6 Å². The maximum atomic E-state index is 14.8. The molecule has 0 saturated carbocycles. The van der Waals surface area contributed by atoms with Crippen LogP contribution >= 0.6 is 0 Å². The minimum absolute atomic E-state index is 0.109. The number of anilines is 3. The number of carbonyl (C=O) groups excluding carboxylic acids is 1.